The van der Waals surface area contributed by atoms with Crippen LogP contribution in [0, 0.1) is 0 Å². The summed E-state index contributed by atoms with van der Waals surface area (Å²) in [5.41, 5.74) is 1.28. The minimum Gasteiger partial charge on any atom is -0.543 e. The van der Waals surface area contributed by atoms with E-state index in [1.807, 2.05) is 10.7 Å². The largest absolute Gasteiger partial charge is 1.00 e. The van der Waals surface area contributed by atoms with Gasteiger partial charge in [-0.05, 0) is 17.6 Å². The van der Waals surface area contributed by atoms with Crippen molar-refractivity contribution in [1.29, 1.82) is 0 Å². The molecule has 4 rings (SSSR count). The number of β-lactam (4-membered cyclic amide) rings is 1. The first-order valence-corrected chi connectivity index (χ1v) is 7.91. The van der Waals surface area contributed by atoms with Gasteiger partial charge in [0.25, 0.3) is 5.91 Å². The van der Waals surface area contributed by atoms with Crippen molar-refractivity contribution >= 4 is 41.5 Å². The van der Waals surface area contributed by atoms with E-state index >= 15 is 0 Å². The quantitative estimate of drug-likeness (QED) is 0.325. The maximum Gasteiger partial charge on any atom is 1.00 e. The molecule has 0 radical (unpaired) electrons. The zero-order chi connectivity index (χ0) is 13.9. The van der Waals surface area contributed by atoms with E-state index in [1.54, 1.807) is 17.8 Å². The minimum absolute atomic E-state index is 0. The predicted octanol–water partition coefficient (Wildman–Crippen LogP) is -3.12. The molecule has 3 aliphatic rings. The summed E-state index contributed by atoms with van der Waals surface area (Å²) in [6, 6.07) is 1.95. The summed E-state index contributed by atoms with van der Waals surface area (Å²) in [5, 5.41) is 17.6. The van der Waals surface area contributed by atoms with Crippen molar-refractivity contribution in [2.75, 3.05) is 5.75 Å². The second-order valence-electron chi connectivity index (χ2n) is 4.53. The van der Waals surface area contributed by atoms with Crippen molar-refractivity contribution < 1.29 is 44.3 Å². The van der Waals surface area contributed by atoms with Crippen LogP contribution in [0.4, 0.5) is 0 Å². The predicted molar refractivity (Wildman–Crippen MR) is 72.2 cm³/mol. The fourth-order valence-corrected chi connectivity index (χ4v) is 4.49. The molecule has 0 spiro atoms. The minimum atomic E-state index is -1.32. The summed E-state index contributed by atoms with van der Waals surface area (Å²) in [5.74, 6) is -0.565. The molecule has 0 N–H and O–H groups in total. The number of carbonyl (C=O) groups excluding carboxylic acids is 2. The molecule has 3 aliphatic heterocycles. The Bertz CT molecular complexity index is 691. The smallest absolute Gasteiger partial charge is 0.543 e. The third kappa shape index (κ3) is 2.29. The average Bonchev–Trinajstić information content (AvgIpc) is 3.07. The van der Waals surface area contributed by atoms with Gasteiger partial charge in [-0.25, -0.2) is 0 Å². The van der Waals surface area contributed by atoms with Crippen LogP contribution in [0.15, 0.2) is 27.8 Å². The van der Waals surface area contributed by atoms with Gasteiger partial charge in [-0.15, -0.1) is 23.5 Å². The number of amides is 1. The van der Waals surface area contributed by atoms with Crippen LogP contribution in [-0.2, 0) is 16.1 Å². The Morgan fingerprint density at radius 1 is 1.52 bits per heavy atom. The van der Waals surface area contributed by atoms with Crippen LogP contribution in [0.1, 0.15) is 5.69 Å². The van der Waals surface area contributed by atoms with Gasteiger partial charge < -0.3 is 9.90 Å². The van der Waals surface area contributed by atoms with E-state index in [-0.39, 0.29) is 46.5 Å². The molecule has 0 aliphatic carbocycles. The first-order chi connectivity index (χ1) is 9.65. The van der Waals surface area contributed by atoms with Gasteiger partial charge in [0.15, 0.2) is 0 Å². The van der Waals surface area contributed by atoms with E-state index in [0.717, 1.165) is 23.0 Å². The summed E-state index contributed by atoms with van der Waals surface area (Å²) in [4.78, 5) is 24.1. The third-order valence-corrected chi connectivity index (χ3v) is 5.45. The zero-order valence-corrected chi connectivity index (χ0v) is 14.7. The summed E-state index contributed by atoms with van der Waals surface area (Å²) in [7, 11) is 0. The van der Waals surface area contributed by atoms with Gasteiger partial charge in [-0.1, -0.05) is 0 Å². The van der Waals surface area contributed by atoms with Crippen molar-refractivity contribution in [3.63, 3.8) is 0 Å². The average molecular weight is 329 g/mol. The summed E-state index contributed by atoms with van der Waals surface area (Å²) < 4.78 is 1.92. The molecule has 0 saturated carbocycles. The molecule has 0 bridgehead atoms. The first-order valence-electron chi connectivity index (χ1n) is 5.98. The van der Waals surface area contributed by atoms with E-state index in [0.29, 0.717) is 5.57 Å². The molecular formula is C12H8N3NaO3S2. The van der Waals surface area contributed by atoms with E-state index < -0.39 is 5.97 Å². The van der Waals surface area contributed by atoms with Crippen molar-refractivity contribution in [1.82, 2.24) is 14.7 Å². The molecule has 102 valence electrons. The Labute approximate surface area is 150 Å². The molecule has 1 amide bonds. The van der Waals surface area contributed by atoms with E-state index in [9.17, 15) is 14.7 Å². The number of thioether (sulfide) groups is 2. The summed E-state index contributed by atoms with van der Waals surface area (Å²) in [6.07, 6.45) is 1.74. The molecule has 1 fully saturated rings. The standard InChI is InChI=1S/C12H9N3O3S2.Na/c16-10-7(11-15(10)8(5-20-11)12(17)18)3-6-4-9-14(13-6)1-2-19-9;/h3-5,11H,1-2H2,(H,17,18);/q;+1/p-1/b7-3+;. The number of rotatable bonds is 2. The SMILES string of the molecule is O=C([O-])C1=CSC2/C(=C/c3cc4n(n3)CCS4)C(=O)N12.[Na+]. The maximum absolute atomic E-state index is 12.0. The van der Waals surface area contributed by atoms with Gasteiger partial charge in [0.05, 0.1) is 34.5 Å². The second kappa shape index (κ2) is 5.51. The van der Waals surface area contributed by atoms with Crippen LogP contribution in [0.3, 0.4) is 0 Å². The first kappa shape index (κ1) is 15.2. The van der Waals surface area contributed by atoms with E-state index in [2.05, 4.69) is 5.10 Å². The molecule has 1 aromatic heterocycles. The molecule has 1 atom stereocenters. The number of carboxylic acids is 1. The molecule has 1 aromatic rings. The monoisotopic (exact) mass is 329 g/mol. The fourth-order valence-electron chi connectivity index (χ4n) is 2.42. The molecule has 9 heteroatoms. The van der Waals surface area contributed by atoms with Crippen LogP contribution in [-0.4, -0.2) is 37.7 Å². The molecule has 21 heavy (non-hydrogen) atoms. The number of hydrogen-bond acceptors (Lipinski definition) is 6. The number of aromatic nitrogens is 2. The van der Waals surface area contributed by atoms with Crippen molar-refractivity contribution in [3.8, 4) is 0 Å². The van der Waals surface area contributed by atoms with Crippen LogP contribution in [0.2, 0.25) is 0 Å². The Kier molecular flexibility index (Phi) is 4.00. The van der Waals surface area contributed by atoms with E-state index in [4.69, 9.17) is 0 Å². The molecule has 4 heterocycles. The number of nitrogens with zero attached hydrogens (tertiary/aromatic N) is 3. The number of carbonyl (C=O) groups is 2. The van der Waals surface area contributed by atoms with E-state index in [1.165, 1.54) is 22.1 Å². The van der Waals surface area contributed by atoms with Crippen LogP contribution in [0.5, 0.6) is 0 Å². The van der Waals surface area contributed by atoms with Crippen molar-refractivity contribution in [3.05, 3.63) is 28.4 Å². The van der Waals surface area contributed by atoms with Crippen LogP contribution < -0.4 is 34.7 Å². The van der Waals surface area contributed by atoms with Crippen molar-refractivity contribution in [2.45, 2.75) is 16.9 Å². The number of carboxylic acid groups (broad SMARTS) is 1. The Balaban J connectivity index is 0.00000132. The molecule has 1 unspecified atom stereocenters. The second-order valence-corrected chi connectivity index (χ2v) is 6.60. The van der Waals surface area contributed by atoms with Gasteiger partial charge >= 0.3 is 29.6 Å². The summed E-state index contributed by atoms with van der Waals surface area (Å²) >= 11 is 3.04. The Morgan fingerprint density at radius 2 is 2.33 bits per heavy atom. The Morgan fingerprint density at radius 3 is 3.05 bits per heavy atom. The van der Waals surface area contributed by atoms with Gasteiger partial charge in [-0.2, -0.15) is 5.10 Å². The van der Waals surface area contributed by atoms with Gasteiger partial charge in [0, 0.05) is 5.75 Å². The zero-order valence-electron chi connectivity index (χ0n) is 11.1. The van der Waals surface area contributed by atoms with Gasteiger partial charge in [-0.3, -0.25) is 14.4 Å². The molecular weight excluding hydrogens is 321 g/mol. The summed E-state index contributed by atoms with van der Waals surface area (Å²) in [6.45, 7) is 0.887. The number of aryl methyl sites for hydroxylation is 1. The molecule has 1 saturated heterocycles. The van der Waals surface area contributed by atoms with Crippen molar-refractivity contribution in [2.24, 2.45) is 0 Å². The Hall–Kier alpha value is -0.670. The maximum atomic E-state index is 12.0. The van der Waals surface area contributed by atoms with Gasteiger partial charge in [0.2, 0.25) is 0 Å². The van der Waals surface area contributed by atoms with Crippen LogP contribution in [0.25, 0.3) is 6.08 Å². The van der Waals surface area contributed by atoms with Crippen LogP contribution >= 0.6 is 23.5 Å². The number of hydrogen-bond donors (Lipinski definition) is 0. The van der Waals surface area contributed by atoms with Gasteiger partial charge in [0.1, 0.15) is 5.37 Å². The molecule has 6 nitrogen and oxygen atoms in total. The normalized spacial score (nSPS) is 24.3. The fraction of sp³-hybridized carbons (Fsp3) is 0.250. The topological polar surface area (TPSA) is 78.3 Å². The number of aliphatic carboxylic acids is 1. The third-order valence-electron chi connectivity index (χ3n) is 3.36. The number of fused-ring (bicyclic) bond motifs is 2. The molecule has 0 aromatic carbocycles.